The van der Waals surface area contributed by atoms with Gasteiger partial charge in [-0.1, -0.05) is 48.5 Å². The van der Waals surface area contributed by atoms with Crippen LogP contribution in [0, 0.1) is 18.3 Å². The van der Waals surface area contributed by atoms with Crippen LogP contribution in [0.1, 0.15) is 54.0 Å². The van der Waals surface area contributed by atoms with Gasteiger partial charge in [0.2, 0.25) is 5.88 Å². The first-order valence-electron chi connectivity index (χ1n) is 6.97. The Balaban J connectivity index is 0.000000415. The maximum atomic E-state index is 5.61. The minimum Gasteiger partial charge on any atom is -0.477 e. The Bertz CT molecular complexity index is 338. The summed E-state index contributed by atoms with van der Waals surface area (Å²) in [6, 6.07) is 0. The van der Waals surface area contributed by atoms with Crippen LogP contribution < -0.4 is 4.74 Å². The molecule has 3 heteroatoms. The monoisotopic (exact) mass is 254 g/mol. The van der Waals surface area contributed by atoms with Gasteiger partial charge in [0.25, 0.3) is 0 Å². The van der Waals surface area contributed by atoms with Crippen LogP contribution in [0.3, 0.4) is 0 Å². The lowest BCUT2D eigenvalue weighted by molar-refractivity contribution is 0.0996. The van der Waals surface area contributed by atoms with Gasteiger partial charge in [0.15, 0.2) is 0 Å². The maximum Gasteiger partial charge on any atom is 0.214 e. The Morgan fingerprint density at radius 1 is 1.28 bits per heavy atom. The predicted molar refractivity (Wildman–Crippen MR) is 78.1 cm³/mol. The molecule has 0 spiro atoms. The molecule has 1 aliphatic heterocycles. The van der Waals surface area contributed by atoms with Crippen molar-refractivity contribution in [3.05, 3.63) is 11.8 Å². The highest BCUT2D eigenvalue weighted by Crippen LogP contribution is 2.29. The Labute approximate surface area is 113 Å². The van der Waals surface area contributed by atoms with Gasteiger partial charge < -0.3 is 4.74 Å². The van der Waals surface area contributed by atoms with E-state index in [0.717, 1.165) is 30.5 Å². The summed E-state index contributed by atoms with van der Waals surface area (Å²) < 4.78 is 7.55. The van der Waals surface area contributed by atoms with Crippen molar-refractivity contribution < 1.29 is 4.74 Å². The second kappa shape index (κ2) is 7.45. The molecule has 0 bridgehead atoms. The van der Waals surface area contributed by atoms with Gasteiger partial charge in [-0.3, -0.25) is 0 Å². The molecule has 0 saturated carbocycles. The number of aromatic nitrogens is 2. The first-order chi connectivity index (χ1) is 8.32. The smallest absolute Gasteiger partial charge is 0.214 e. The van der Waals surface area contributed by atoms with Crippen molar-refractivity contribution in [3.63, 3.8) is 0 Å². The normalized spacial score (nSPS) is 15.6. The fourth-order valence-electron chi connectivity index (χ4n) is 1.48. The molecule has 1 aromatic heterocycles. The van der Waals surface area contributed by atoms with Crippen LogP contribution in [0.4, 0.5) is 0 Å². The Morgan fingerprint density at radius 2 is 1.78 bits per heavy atom. The van der Waals surface area contributed by atoms with E-state index in [0.29, 0.717) is 0 Å². The third-order valence-corrected chi connectivity index (χ3v) is 2.14. The van der Waals surface area contributed by atoms with Crippen LogP contribution >= 0.6 is 0 Å². The molecular weight excluding hydrogens is 224 g/mol. The third-order valence-electron chi connectivity index (χ3n) is 2.14. The van der Waals surface area contributed by atoms with Gasteiger partial charge in [-0.15, -0.1) is 0 Å². The molecule has 0 aromatic carbocycles. The highest BCUT2D eigenvalue weighted by Gasteiger charge is 2.27. The fraction of sp³-hybridized carbons (Fsp3) is 0.800. The van der Waals surface area contributed by atoms with Crippen LogP contribution in [0.25, 0.3) is 0 Å². The molecule has 1 aliphatic rings. The minimum absolute atomic E-state index is 0.214. The maximum absolute atomic E-state index is 5.61. The fourth-order valence-corrected chi connectivity index (χ4v) is 1.48. The zero-order valence-corrected chi connectivity index (χ0v) is 13.4. The Kier molecular flexibility index (Phi) is 7.04. The number of hydrogen-bond donors (Lipinski definition) is 0. The van der Waals surface area contributed by atoms with Gasteiger partial charge in [-0.25, -0.2) is 4.68 Å². The van der Waals surface area contributed by atoms with Gasteiger partial charge in [0, 0.05) is 11.0 Å². The second-order valence-corrected chi connectivity index (χ2v) is 5.98. The lowest BCUT2D eigenvalue weighted by Gasteiger charge is -2.30. The number of ether oxygens (including phenoxy) is 1. The van der Waals surface area contributed by atoms with E-state index in [2.05, 4.69) is 39.7 Å². The molecular formula is C15H30N2O. The lowest BCUT2D eigenvalue weighted by atomic mass is 9.94. The molecule has 0 aliphatic carbocycles. The molecule has 0 unspecified atom stereocenters. The van der Waals surface area contributed by atoms with Crippen molar-refractivity contribution in [2.24, 2.45) is 11.3 Å². The molecule has 1 aromatic rings. The van der Waals surface area contributed by atoms with Crippen LogP contribution in [0.5, 0.6) is 5.88 Å². The molecule has 18 heavy (non-hydrogen) atoms. The van der Waals surface area contributed by atoms with Crippen molar-refractivity contribution >= 4 is 0 Å². The zero-order valence-electron chi connectivity index (χ0n) is 13.4. The van der Waals surface area contributed by atoms with Gasteiger partial charge in [-0.05, 0) is 12.8 Å². The van der Waals surface area contributed by atoms with E-state index in [1.54, 1.807) is 0 Å². The molecule has 3 nitrogen and oxygen atoms in total. The summed E-state index contributed by atoms with van der Waals surface area (Å²) in [7, 11) is 0. The average molecular weight is 254 g/mol. The van der Waals surface area contributed by atoms with Crippen molar-refractivity contribution in [1.82, 2.24) is 9.78 Å². The molecule has 0 N–H and O–H groups in total. The van der Waals surface area contributed by atoms with Crippen molar-refractivity contribution in [2.45, 2.75) is 61.9 Å². The van der Waals surface area contributed by atoms with E-state index in [9.17, 15) is 0 Å². The molecule has 0 radical (unpaired) electrons. The summed E-state index contributed by atoms with van der Waals surface area (Å²) in [5.74, 6) is 1.77. The number of rotatable bonds is 0. The molecule has 0 amide bonds. The van der Waals surface area contributed by atoms with E-state index in [-0.39, 0.29) is 5.41 Å². The topological polar surface area (TPSA) is 27.1 Å². The third kappa shape index (κ3) is 5.56. The summed E-state index contributed by atoms with van der Waals surface area (Å²) in [6.45, 7) is 18.6. The summed E-state index contributed by atoms with van der Waals surface area (Å²) in [5, 5.41) is 4.24. The number of aryl methyl sites for hydroxylation is 1. The quantitative estimate of drug-likeness (QED) is 0.690. The van der Waals surface area contributed by atoms with Crippen molar-refractivity contribution in [1.29, 1.82) is 0 Å². The average Bonchev–Trinajstić information content (AvgIpc) is 2.60. The van der Waals surface area contributed by atoms with Crippen molar-refractivity contribution in [3.8, 4) is 5.88 Å². The van der Waals surface area contributed by atoms with Gasteiger partial charge >= 0.3 is 0 Å². The summed E-state index contributed by atoms with van der Waals surface area (Å²) in [4.78, 5) is 0. The van der Waals surface area contributed by atoms with E-state index < -0.39 is 0 Å². The first-order valence-corrected chi connectivity index (χ1v) is 6.97. The summed E-state index contributed by atoms with van der Waals surface area (Å²) >= 11 is 0. The lowest BCUT2D eigenvalue weighted by Crippen LogP contribution is -2.33. The highest BCUT2D eigenvalue weighted by atomic mass is 16.5. The Hall–Kier alpha value is -0.990. The van der Waals surface area contributed by atoms with E-state index in [1.807, 2.05) is 31.6 Å². The van der Waals surface area contributed by atoms with Crippen LogP contribution in [-0.4, -0.2) is 16.4 Å². The van der Waals surface area contributed by atoms with Gasteiger partial charge in [0.05, 0.1) is 19.3 Å². The largest absolute Gasteiger partial charge is 0.477 e. The van der Waals surface area contributed by atoms with Gasteiger partial charge in [0.1, 0.15) is 0 Å². The standard InChI is InChI=1S/C9H14N2O.C4H10.C2H6/c1-7-4-10-11-5-9(2,3)6-12-8(7)11;1-4(2)3;1-2/h4H,5-6H2,1-3H3;4H,1-3H3;1-2H3. The molecule has 2 rings (SSSR count). The Morgan fingerprint density at radius 3 is 2.28 bits per heavy atom. The molecule has 0 atom stereocenters. The number of hydrogen-bond acceptors (Lipinski definition) is 2. The highest BCUT2D eigenvalue weighted by molar-refractivity contribution is 5.23. The zero-order chi connectivity index (χ0) is 14.3. The van der Waals surface area contributed by atoms with Gasteiger partial charge in [-0.2, -0.15) is 5.10 Å². The predicted octanol–water partition coefficient (Wildman–Crippen LogP) is 4.30. The van der Waals surface area contributed by atoms with Crippen LogP contribution in [0.15, 0.2) is 6.20 Å². The summed E-state index contributed by atoms with van der Waals surface area (Å²) in [5.41, 5.74) is 1.34. The van der Waals surface area contributed by atoms with Crippen molar-refractivity contribution in [2.75, 3.05) is 6.61 Å². The first kappa shape index (κ1) is 17.0. The number of fused-ring (bicyclic) bond motifs is 1. The minimum atomic E-state index is 0.214. The van der Waals surface area contributed by atoms with E-state index in [1.165, 1.54) is 0 Å². The van der Waals surface area contributed by atoms with Crippen LogP contribution in [-0.2, 0) is 6.54 Å². The van der Waals surface area contributed by atoms with E-state index in [4.69, 9.17) is 4.74 Å². The molecule has 2 heterocycles. The summed E-state index contributed by atoms with van der Waals surface area (Å²) in [6.07, 6.45) is 1.86. The molecule has 0 fully saturated rings. The molecule has 0 saturated heterocycles. The van der Waals surface area contributed by atoms with Crippen LogP contribution in [0.2, 0.25) is 0 Å². The second-order valence-electron chi connectivity index (χ2n) is 5.98. The molecule has 106 valence electrons. The number of nitrogens with zero attached hydrogens (tertiary/aromatic N) is 2. The van der Waals surface area contributed by atoms with E-state index >= 15 is 0 Å². The SMILES string of the molecule is CC.CC(C)C.Cc1cnn2c1OCC(C)(C)C2.